The Morgan fingerprint density at radius 3 is 2.38 bits per heavy atom. The molecule has 3 aromatic carbocycles. The Kier molecular flexibility index (Phi) is 5.63. The monoisotopic (exact) mass is 395 g/mol. The van der Waals surface area contributed by atoms with Gasteiger partial charge in [-0.25, -0.2) is 0 Å². The Morgan fingerprint density at radius 1 is 1.00 bits per heavy atom. The van der Waals surface area contributed by atoms with E-state index in [4.69, 9.17) is 0 Å². The van der Waals surface area contributed by atoms with Crippen LogP contribution >= 0.6 is 0 Å². The van der Waals surface area contributed by atoms with E-state index >= 15 is 0 Å². The molecule has 0 aliphatic carbocycles. The maximum absolute atomic E-state index is 11.3. The van der Waals surface area contributed by atoms with Gasteiger partial charge < -0.3 is 10.4 Å². The minimum absolute atomic E-state index is 0.143. The van der Waals surface area contributed by atoms with E-state index in [1.807, 2.05) is 19.1 Å². The lowest BCUT2D eigenvalue weighted by atomic mass is 10.1. The van der Waals surface area contributed by atoms with E-state index in [1.54, 1.807) is 12.1 Å². The second kappa shape index (κ2) is 8.30. The first-order chi connectivity index (χ1) is 13.9. The number of phenols is 1. The molecule has 0 radical (unpaired) electrons. The second-order valence-electron chi connectivity index (χ2n) is 6.15. The van der Waals surface area contributed by atoms with Gasteiger partial charge in [0, 0.05) is 35.1 Å². The van der Waals surface area contributed by atoms with E-state index in [0.717, 1.165) is 42.2 Å². The molecular formula is C19H17N5O5. The molecule has 0 atom stereocenters. The van der Waals surface area contributed by atoms with Gasteiger partial charge in [-0.1, -0.05) is 31.2 Å². The predicted octanol–water partition coefficient (Wildman–Crippen LogP) is 5.60. The number of hydrogen-bond donors (Lipinski definition) is 2. The average Bonchev–Trinajstić information content (AvgIpc) is 2.71. The summed E-state index contributed by atoms with van der Waals surface area (Å²) < 4.78 is 0. The molecule has 148 valence electrons. The van der Waals surface area contributed by atoms with E-state index < -0.39 is 21.2 Å². The molecule has 0 aliphatic rings. The smallest absolute Gasteiger partial charge is 0.303 e. The van der Waals surface area contributed by atoms with Crippen molar-refractivity contribution in [2.24, 2.45) is 10.2 Å². The van der Waals surface area contributed by atoms with Crippen LogP contribution in [0.25, 0.3) is 10.8 Å². The Hall–Kier alpha value is -4.08. The summed E-state index contributed by atoms with van der Waals surface area (Å²) in [5.74, 6) is -0.143. The zero-order valence-electron chi connectivity index (χ0n) is 15.4. The van der Waals surface area contributed by atoms with Gasteiger partial charge in [0.25, 0.3) is 5.69 Å². The molecule has 29 heavy (non-hydrogen) atoms. The molecule has 0 amide bonds. The number of nitro groups is 2. The van der Waals surface area contributed by atoms with E-state index in [-0.39, 0.29) is 17.1 Å². The molecule has 10 nitrogen and oxygen atoms in total. The first-order valence-electron chi connectivity index (χ1n) is 8.75. The summed E-state index contributed by atoms with van der Waals surface area (Å²) in [5.41, 5.74) is -0.240. The van der Waals surface area contributed by atoms with Gasteiger partial charge >= 0.3 is 5.69 Å². The quantitative estimate of drug-likeness (QED) is 0.303. The standard InChI is InChI=1S/C19H17N5O5/c1-2-9-20-16-11-18(25)19(14-6-4-3-5-13(14)16)22-21-15-8-7-12(23(26)27)10-17(15)24(28)29/h3-8,10-11,20,25H,2,9H2,1H3. The van der Waals surface area contributed by atoms with Crippen molar-refractivity contribution in [1.29, 1.82) is 0 Å². The highest BCUT2D eigenvalue weighted by Crippen LogP contribution is 2.41. The number of hydrogen-bond acceptors (Lipinski definition) is 8. The minimum atomic E-state index is -0.767. The Bertz CT molecular complexity index is 1130. The number of nitro benzene ring substituents is 2. The van der Waals surface area contributed by atoms with Crippen molar-refractivity contribution < 1.29 is 15.0 Å². The third-order valence-electron chi connectivity index (χ3n) is 4.19. The number of anilines is 1. The fourth-order valence-electron chi connectivity index (χ4n) is 2.82. The van der Waals surface area contributed by atoms with Gasteiger partial charge in [-0.15, -0.1) is 10.2 Å². The normalized spacial score (nSPS) is 11.1. The molecule has 3 rings (SSSR count). The van der Waals surface area contributed by atoms with Crippen LogP contribution in [-0.2, 0) is 0 Å². The Morgan fingerprint density at radius 2 is 1.72 bits per heavy atom. The van der Waals surface area contributed by atoms with Crippen molar-refractivity contribution in [2.75, 3.05) is 11.9 Å². The van der Waals surface area contributed by atoms with Gasteiger partial charge in [-0.3, -0.25) is 20.2 Å². The largest absolute Gasteiger partial charge is 0.506 e. The average molecular weight is 395 g/mol. The topological polar surface area (TPSA) is 143 Å². The van der Waals surface area contributed by atoms with Crippen LogP contribution in [0.3, 0.4) is 0 Å². The van der Waals surface area contributed by atoms with E-state index in [1.165, 1.54) is 6.07 Å². The highest BCUT2D eigenvalue weighted by molar-refractivity contribution is 6.03. The minimum Gasteiger partial charge on any atom is -0.506 e. The second-order valence-corrected chi connectivity index (χ2v) is 6.15. The highest BCUT2D eigenvalue weighted by atomic mass is 16.6. The molecule has 10 heteroatoms. The number of non-ortho nitro benzene ring substituents is 1. The number of rotatable bonds is 7. The lowest BCUT2D eigenvalue weighted by Gasteiger charge is -2.12. The number of nitrogens with one attached hydrogen (secondary N) is 1. The van der Waals surface area contributed by atoms with Crippen LogP contribution in [0.2, 0.25) is 0 Å². The van der Waals surface area contributed by atoms with Crippen molar-refractivity contribution in [3.05, 3.63) is 68.8 Å². The Labute approximate surface area is 164 Å². The van der Waals surface area contributed by atoms with Crippen LogP contribution in [0, 0.1) is 20.2 Å². The van der Waals surface area contributed by atoms with Gasteiger partial charge in [0.1, 0.15) is 11.4 Å². The fraction of sp³-hybridized carbons (Fsp3) is 0.158. The van der Waals surface area contributed by atoms with Crippen LogP contribution in [0.4, 0.5) is 28.4 Å². The summed E-state index contributed by atoms with van der Waals surface area (Å²) in [6.45, 7) is 2.74. The number of fused-ring (bicyclic) bond motifs is 1. The molecule has 0 bridgehead atoms. The molecule has 0 heterocycles. The number of nitrogens with zero attached hydrogens (tertiary/aromatic N) is 4. The van der Waals surface area contributed by atoms with E-state index in [9.17, 15) is 25.3 Å². The molecule has 2 N–H and O–H groups in total. The first-order valence-corrected chi connectivity index (χ1v) is 8.75. The van der Waals surface area contributed by atoms with Gasteiger partial charge in [-0.2, -0.15) is 0 Å². The van der Waals surface area contributed by atoms with Gasteiger partial charge in [0.15, 0.2) is 5.69 Å². The summed E-state index contributed by atoms with van der Waals surface area (Å²) >= 11 is 0. The number of phenolic OH excluding ortho intramolecular Hbond substituents is 1. The molecule has 3 aromatic rings. The van der Waals surface area contributed by atoms with E-state index in [0.29, 0.717) is 5.39 Å². The zero-order valence-corrected chi connectivity index (χ0v) is 15.4. The lowest BCUT2D eigenvalue weighted by Crippen LogP contribution is -2.00. The number of benzene rings is 3. The highest BCUT2D eigenvalue weighted by Gasteiger charge is 2.20. The number of azo groups is 1. The van der Waals surface area contributed by atoms with Crippen LogP contribution in [0.15, 0.2) is 58.8 Å². The Balaban J connectivity index is 2.09. The SMILES string of the molecule is CCCNc1cc(O)c(N=Nc2ccc([N+](=O)[O-])cc2[N+](=O)[O-])c2ccccc12. The summed E-state index contributed by atoms with van der Waals surface area (Å²) in [7, 11) is 0. The fourth-order valence-corrected chi connectivity index (χ4v) is 2.82. The van der Waals surface area contributed by atoms with Gasteiger partial charge in [0.2, 0.25) is 0 Å². The summed E-state index contributed by atoms with van der Waals surface area (Å²) in [6, 6.07) is 11.8. The van der Waals surface area contributed by atoms with Crippen LogP contribution < -0.4 is 5.32 Å². The number of aromatic hydroxyl groups is 1. The van der Waals surface area contributed by atoms with Crippen LogP contribution in [0.1, 0.15) is 13.3 Å². The van der Waals surface area contributed by atoms with Gasteiger partial charge in [0.05, 0.1) is 15.9 Å². The van der Waals surface area contributed by atoms with Crippen molar-refractivity contribution in [3.63, 3.8) is 0 Å². The molecule has 0 unspecified atom stereocenters. The lowest BCUT2D eigenvalue weighted by molar-refractivity contribution is -0.393. The van der Waals surface area contributed by atoms with Crippen LogP contribution in [-0.4, -0.2) is 21.5 Å². The summed E-state index contributed by atoms with van der Waals surface area (Å²) in [6.07, 6.45) is 0.903. The van der Waals surface area contributed by atoms with Gasteiger partial charge in [-0.05, 0) is 12.5 Å². The maximum Gasteiger partial charge on any atom is 0.303 e. The zero-order chi connectivity index (χ0) is 21.0. The molecule has 0 spiro atoms. The first kappa shape index (κ1) is 19.7. The predicted molar refractivity (Wildman–Crippen MR) is 108 cm³/mol. The van der Waals surface area contributed by atoms with Crippen molar-refractivity contribution in [3.8, 4) is 5.75 Å². The molecule has 0 saturated carbocycles. The van der Waals surface area contributed by atoms with Crippen molar-refractivity contribution in [1.82, 2.24) is 0 Å². The molecule has 0 fully saturated rings. The third kappa shape index (κ3) is 4.10. The third-order valence-corrected chi connectivity index (χ3v) is 4.19. The molecule has 0 aromatic heterocycles. The van der Waals surface area contributed by atoms with Crippen molar-refractivity contribution in [2.45, 2.75) is 13.3 Å². The molecular weight excluding hydrogens is 378 g/mol. The summed E-state index contributed by atoms with van der Waals surface area (Å²) in [4.78, 5) is 20.6. The van der Waals surface area contributed by atoms with Crippen molar-refractivity contribution >= 4 is 39.2 Å². The van der Waals surface area contributed by atoms with E-state index in [2.05, 4.69) is 15.5 Å². The van der Waals surface area contributed by atoms with Crippen LogP contribution in [0.5, 0.6) is 5.75 Å². The molecule has 0 aliphatic heterocycles. The maximum atomic E-state index is 11.3. The summed E-state index contributed by atoms with van der Waals surface area (Å²) in [5, 5.41) is 45.1. The molecule has 0 saturated heterocycles.